The van der Waals surface area contributed by atoms with Crippen molar-refractivity contribution in [2.45, 2.75) is 19.6 Å². The molecule has 0 unspecified atom stereocenters. The van der Waals surface area contributed by atoms with Crippen LogP contribution in [0.25, 0.3) is 0 Å². The van der Waals surface area contributed by atoms with Gasteiger partial charge in [-0.05, 0) is 31.2 Å². The lowest BCUT2D eigenvalue weighted by Crippen LogP contribution is -2.15. The monoisotopic (exact) mass is 299 g/mol. The maximum Gasteiger partial charge on any atom is 0.416 e. The molecule has 0 aliphatic heterocycles. The summed E-state index contributed by atoms with van der Waals surface area (Å²) < 4.78 is 43.6. The van der Waals surface area contributed by atoms with E-state index in [4.69, 9.17) is 10.5 Å². The number of aryl methyl sites for hydroxylation is 1. The minimum atomic E-state index is -4.43. The van der Waals surface area contributed by atoms with Gasteiger partial charge in [0, 0.05) is 12.6 Å². The third-order valence-corrected chi connectivity index (χ3v) is 2.70. The van der Waals surface area contributed by atoms with Crippen molar-refractivity contribution in [3.8, 4) is 5.75 Å². The number of rotatable bonds is 3. The van der Waals surface area contributed by atoms with Crippen molar-refractivity contribution >= 4 is 11.8 Å². The van der Waals surface area contributed by atoms with Crippen molar-refractivity contribution in [2.24, 2.45) is 0 Å². The highest BCUT2D eigenvalue weighted by Gasteiger charge is 2.30. The van der Waals surface area contributed by atoms with E-state index in [0.717, 1.165) is 24.3 Å². The van der Waals surface area contributed by atoms with E-state index >= 15 is 0 Å². The Bertz CT molecular complexity index is 648. The molecule has 0 amide bonds. The molecule has 0 radical (unpaired) electrons. The van der Waals surface area contributed by atoms with Gasteiger partial charge in [0.1, 0.15) is 17.3 Å². The van der Waals surface area contributed by atoms with Crippen LogP contribution in [0.1, 0.15) is 23.0 Å². The van der Waals surface area contributed by atoms with Crippen LogP contribution in [0.4, 0.5) is 19.0 Å². The number of carbonyl (C=O) groups excluding carboxylic acids is 1. The van der Waals surface area contributed by atoms with Gasteiger partial charge in [-0.25, -0.2) is 4.79 Å². The third-order valence-electron chi connectivity index (χ3n) is 2.70. The SMILES string of the molecule is CCn1nc(N)cc1C(=O)Oc1ccc(C(F)(F)F)cc1. The van der Waals surface area contributed by atoms with E-state index in [1.807, 2.05) is 0 Å². The Labute approximate surface area is 118 Å². The summed E-state index contributed by atoms with van der Waals surface area (Å²) in [7, 11) is 0. The summed E-state index contributed by atoms with van der Waals surface area (Å²) in [5.41, 5.74) is 4.81. The maximum absolute atomic E-state index is 12.4. The van der Waals surface area contributed by atoms with E-state index in [2.05, 4.69) is 5.10 Å². The number of aromatic nitrogens is 2. The number of alkyl halides is 3. The number of nitrogen functional groups attached to an aromatic ring is 1. The fourth-order valence-corrected chi connectivity index (χ4v) is 1.71. The second kappa shape index (κ2) is 5.47. The van der Waals surface area contributed by atoms with E-state index in [1.54, 1.807) is 6.92 Å². The fourth-order valence-electron chi connectivity index (χ4n) is 1.71. The molecule has 0 fully saturated rings. The van der Waals surface area contributed by atoms with Crippen LogP contribution >= 0.6 is 0 Å². The number of anilines is 1. The summed E-state index contributed by atoms with van der Waals surface area (Å²) in [6.07, 6.45) is -4.43. The molecule has 21 heavy (non-hydrogen) atoms. The minimum absolute atomic E-state index is 0.00965. The first-order valence-electron chi connectivity index (χ1n) is 6.04. The largest absolute Gasteiger partial charge is 0.422 e. The van der Waals surface area contributed by atoms with Crippen molar-refractivity contribution in [3.05, 3.63) is 41.6 Å². The van der Waals surface area contributed by atoms with E-state index in [1.165, 1.54) is 10.7 Å². The number of esters is 1. The van der Waals surface area contributed by atoms with Crippen molar-refractivity contribution in [1.82, 2.24) is 9.78 Å². The number of hydrogen-bond donors (Lipinski definition) is 1. The second-order valence-electron chi connectivity index (χ2n) is 4.18. The molecule has 2 aromatic rings. The van der Waals surface area contributed by atoms with Crippen LogP contribution in [0.2, 0.25) is 0 Å². The summed E-state index contributed by atoms with van der Waals surface area (Å²) >= 11 is 0. The first-order chi connectivity index (χ1) is 9.81. The molecular weight excluding hydrogens is 287 g/mol. The molecule has 112 valence electrons. The molecular formula is C13H12F3N3O2. The van der Waals surface area contributed by atoms with Gasteiger partial charge in [-0.3, -0.25) is 4.68 Å². The van der Waals surface area contributed by atoms with E-state index in [-0.39, 0.29) is 17.3 Å². The summed E-state index contributed by atoms with van der Waals surface area (Å²) in [6.45, 7) is 2.18. The molecule has 0 atom stereocenters. The molecule has 0 saturated heterocycles. The first kappa shape index (κ1) is 14.9. The van der Waals surface area contributed by atoms with Gasteiger partial charge in [-0.1, -0.05) is 0 Å². The molecule has 0 aliphatic rings. The highest BCUT2D eigenvalue weighted by molar-refractivity contribution is 5.90. The standard InChI is InChI=1S/C13H12F3N3O2/c1-2-19-10(7-11(17)18-19)12(20)21-9-5-3-8(4-6-9)13(14,15)16/h3-7H,2H2,1H3,(H2,17,18). The quantitative estimate of drug-likeness (QED) is 0.699. The Kier molecular flexibility index (Phi) is 3.88. The Morgan fingerprint density at radius 2 is 1.95 bits per heavy atom. The van der Waals surface area contributed by atoms with E-state index in [0.29, 0.717) is 6.54 Å². The topological polar surface area (TPSA) is 70.1 Å². The number of carbonyl (C=O) groups is 1. The van der Waals surface area contributed by atoms with Gasteiger partial charge < -0.3 is 10.5 Å². The van der Waals surface area contributed by atoms with E-state index in [9.17, 15) is 18.0 Å². The molecule has 2 rings (SSSR count). The molecule has 1 aromatic heterocycles. The predicted octanol–water partition coefficient (Wildman–Crippen LogP) is 2.72. The summed E-state index contributed by atoms with van der Waals surface area (Å²) in [4.78, 5) is 11.9. The van der Waals surface area contributed by atoms with Crippen molar-refractivity contribution < 1.29 is 22.7 Å². The smallest absolute Gasteiger partial charge is 0.416 e. The van der Waals surface area contributed by atoms with Crippen molar-refractivity contribution in [2.75, 3.05) is 5.73 Å². The normalized spacial score (nSPS) is 11.4. The van der Waals surface area contributed by atoms with E-state index < -0.39 is 17.7 Å². The molecule has 2 N–H and O–H groups in total. The zero-order valence-electron chi connectivity index (χ0n) is 11.0. The van der Waals surface area contributed by atoms with Crippen LogP contribution in [-0.2, 0) is 12.7 Å². The molecule has 8 heteroatoms. The Morgan fingerprint density at radius 1 is 1.33 bits per heavy atom. The van der Waals surface area contributed by atoms with Crippen LogP contribution in [0.5, 0.6) is 5.75 Å². The lowest BCUT2D eigenvalue weighted by molar-refractivity contribution is -0.137. The minimum Gasteiger partial charge on any atom is -0.422 e. The molecule has 1 aromatic carbocycles. The maximum atomic E-state index is 12.4. The average Bonchev–Trinajstić information content (AvgIpc) is 2.79. The van der Waals surface area contributed by atoms with Gasteiger partial charge >= 0.3 is 12.1 Å². The Morgan fingerprint density at radius 3 is 2.48 bits per heavy atom. The number of ether oxygens (including phenoxy) is 1. The highest BCUT2D eigenvalue weighted by Crippen LogP contribution is 2.30. The highest BCUT2D eigenvalue weighted by atomic mass is 19.4. The Balaban J connectivity index is 2.16. The van der Waals surface area contributed by atoms with Crippen LogP contribution in [0, 0.1) is 0 Å². The number of halogens is 3. The van der Waals surface area contributed by atoms with Gasteiger partial charge in [-0.15, -0.1) is 0 Å². The third kappa shape index (κ3) is 3.33. The molecule has 0 saturated carbocycles. The average molecular weight is 299 g/mol. The summed E-state index contributed by atoms with van der Waals surface area (Å²) in [5.74, 6) is -0.563. The van der Waals surface area contributed by atoms with Crippen LogP contribution in [-0.4, -0.2) is 15.7 Å². The lowest BCUT2D eigenvalue weighted by Gasteiger charge is -2.08. The van der Waals surface area contributed by atoms with Gasteiger partial charge in [0.05, 0.1) is 5.56 Å². The fraction of sp³-hybridized carbons (Fsp3) is 0.231. The van der Waals surface area contributed by atoms with Crippen molar-refractivity contribution in [3.63, 3.8) is 0 Å². The number of benzene rings is 1. The Hall–Kier alpha value is -2.51. The number of hydrogen-bond acceptors (Lipinski definition) is 4. The van der Waals surface area contributed by atoms with Gasteiger partial charge in [0.25, 0.3) is 0 Å². The number of nitrogens with two attached hydrogens (primary N) is 1. The zero-order valence-corrected chi connectivity index (χ0v) is 11.0. The van der Waals surface area contributed by atoms with Crippen LogP contribution < -0.4 is 10.5 Å². The first-order valence-corrected chi connectivity index (χ1v) is 6.04. The molecule has 0 spiro atoms. The zero-order chi connectivity index (χ0) is 15.6. The van der Waals surface area contributed by atoms with Gasteiger partial charge in [-0.2, -0.15) is 18.3 Å². The van der Waals surface area contributed by atoms with Crippen LogP contribution in [0.3, 0.4) is 0 Å². The molecule has 0 aliphatic carbocycles. The van der Waals surface area contributed by atoms with Crippen LogP contribution in [0.15, 0.2) is 30.3 Å². The van der Waals surface area contributed by atoms with Gasteiger partial charge in [0.15, 0.2) is 0 Å². The lowest BCUT2D eigenvalue weighted by atomic mass is 10.2. The second-order valence-corrected chi connectivity index (χ2v) is 4.18. The summed E-state index contributed by atoms with van der Waals surface area (Å²) in [6, 6.07) is 5.19. The summed E-state index contributed by atoms with van der Waals surface area (Å²) in [5, 5.41) is 3.88. The predicted molar refractivity (Wildman–Crippen MR) is 68.7 cm³/mol. The van der Waals surface area contributed by atoms with Gasteiger partial charge in [0.2, 0.25) is 0 Å². The number of nitrogens with zero attached hydrogens (tertiary/aromatic N) is 2. The van der Waals surface area contributed by atoms with Crippen molar-refractivity contribution in [1.29, 1.82) is 0 Å². The molecule has 5 nitrogen and oxygen atoms in total. The molecule has 0 bridgehead atoms. The molecule has 1 heterocycles.